The Morgan fingerprint density at radius 3 is 2.37 bits per heavy atom. The predicted octanol–water partition coefficient (Wildman–Crippen LogP) is 2.60. The van der Waals surface area contributed by atoms with E-state index in [2.05, 4.69) is 0 Å². The molecule has 108 valence electrons. The van der Waals surface area contributed by atoms with Crippen LogP contribution in [0.2, 0.25) is 0 Å². The van der Waals surface area contributed by atoms with E-state index in [9.17, 15) is 21.6 Å². The van der Waals surface area contributed by atoms with Crippen molar-refractivity contribution in [1.82, 2.24) is 0 Å². The van der Waals surface area contributed by atoms with E-state index < -0.39 is 32.9 Å². The zero-order chi connectivity index (χ0) is 14.8. The molecule has 1 rings (SSSR count). The van der Waals surface area contributed by atoms with Gasteiger partial charge in [0.05, 0.1) is 15.7 Å². The van der Waals surface area contributed by atoms with E-state index in [1.165, 1.54) is 6.92 Å². The molecular weight excluding hydrogens is 279 g/mol. The Morgan fingerprint density at radius 2 is 1.89 bits per heavy atom. The number of sulfone groups is 1. The van der Waals surface area contributed by atoms with Crippen LogP contribution < -0.4 is 5.73 Å². The molecule has 0 aliphatic rings. The maximum absolute atomic E-state index is 12.6. The third kappa shape index (κ3) is 3.48. The molecule has 0 fully saturated rings. The lowest BCUT2D eigenvalue weighted by Crippen LogP contribution is -2.37. The van der Waals surface area contributed by atoms with Crippen LogP contribution in [-0.4, -0.2) is 19.7 Å². The number of alkyl halides is 3. The normalized spacial score (nSPS) is 16.1. The van der Waals surface area contributed by atoms with Crippen molar-refractivity contribution in [2.75, 3.05) is 0 Å². The molecule has 2 N–H and O–H groups in total. The van der Waals surface area contributed by atoms with Crippen molar-refractivity contribution in [1.29, 1.82) is 0 Å². The van der Waals surface area contributed by atoms with Crippen molar-refractivity contribution in [2.24, 2.45) is 5.73 Å². The fraction of sp³-hybridized carbons (Fsp3) is 0.500. The van der Waals surface area contributed by atoms with E-state index >= 15 is 0 Å². The van der Waals surface area contributed by atoms with Gasteiger partial charge in [0.2, 0.25) is 0 Å². The van der Waals surface area contributed by atoms with Gasteiger partial charge in [-0.25, -0.2) is 8.42 Å². The monoisotopic (exact) mass is 295 g/mol. The summed E-state index contributed by atoms with van der Waals surface area (Å²) in [7, 11) is -3.86. The van der Waals surface area contributed by atoms with Gasteiger partial charge in [-0.2, -0.15) is 13.2 Å². The summed E-state index contributed by atoms with van der Waals surface area (Å²) >= 11 is 0. The van der Waals surface area contributed by atoms with Gasteiger partial charge in [0, 0.05) is 6.04 Å². The molecule has 1 aromatic rings. The van der Waals surface area contributed by atoms with Gasteiger partial charge in [-0.1, -0.05) is 13.0 Å². The summed E-state index contributed by atoms with van der Waals surface area (Å²) in [5, 5.41) is -0.930. The first kappa shape index (κ1) is 16.0. The molecule has 0 saturated carbocycles. The van der Waals surface area contributed by atoms with Gasteiger partial charge < -0.3 is 5.73 Å². The Hall–Kier alpha value is -1.08. The van der Waals surface area contributed by atoms with Gasteiger partial charge in [0.1, 0.15) is 0 Å². The molecule has 0 bridgehead atoms. The quantitative estimate of drug-likeness (QED) is 0.929. The van der Waals surface area contributed by atoms with Crippen LogP contribution in [0.3, 0.4) is 0 Å². The molecule has 2 atom stereocenters. The van der Waals surface area contributed by atoms with E-state index in [1.54, 1.807) is 6.92 Å². The maximum Gasteiger partial charge on any atom is 0.416 e. The van der Waals surface area contributed by atoms with E-state index in [4.69, 9.17) is 5.73 Å². The topological polar surface area (TPSA) is 60.2 Å². The van der Waals surface area contributed by atoms with E-state index in [0.717, 1.165) is 18.2 Å². The number of hydrogen-bond donors (Lipinski definition) is 1. The first-order chi connectivity index (χ1) is 8.60. The summed E-state index contributed by atoms with van der Waals surface area (Å²) in [4.78, 5) is -0.348. The Balaban J connectivity index is 3.23. The number of benzene rings is 1. The Labute approximate surface area is 110 Å². The molecule has 7 heteroatoms. The van der Waals surface area contributed by atoms with E-state index in [0.29, 0.717) is 12.5 Å². The molecule has 0 radical (unpaired) electrons. The van der Waals surface area contributed by atoms with Crippen LogP contribution in [0.25, 0.3) is 0 Å². The SMILES string of the molecule is CCC(N)C(C)S(=O)(=O)c1cccc(C(F)(F)F)c1. The second-order valence-corrected chi connectivity index (χ2v) is 6.65. The van der Waals surface area contributed by atoms with Crippen LogP contribution in [0.15, 0.2) is 29.2 Å². The van der Waals surface area contributed by atoms with Gasteiger partial charge in [-0.3, -0.25) is 0 Å². The lowest BCUT2D eigenvalue weighted by Gasteiger charge is -2.19. The smallest absolute Gasteiger partial charge is 0.327 e. The zero-order valence-electron chi connectivity index (χ0n) is 10.6. The van der Waals surface area contributed by atoms with E-state index in [-0.39, 0.29) is 4.90 Å². The fourth-order valence-electron chi connectivity index (χ4n) is 1.63. The van der Waals surface area contributed by atoms with Crippen LogP contribution >= 0.6 is 0 Å². The molecule has 0 saturated heterocycles. The first-order valence-electron chi connectivity index (χ1n) is 5.77. The average Bonchev–Trinajstić information content (AvgIpc) is 2.36. The summed E-state index contributed by atoms with van der Waals surface area (Å²) in [5.74, 6) is 0. The highest BCUT2D eigenvalue weighted by Crippen LogP contribution is 2.31. The van der Waals surface area contributed by atoms with Crippen LogP contribution in [0.5, 0.6) is 0 Å². The number of nitrogens with two attached hydrogens (primary N) is 1. The lowest BCUT2D eigenvalue weighted by molar-refractivity contribution is -0.137. The molecule has 3 nitrogen and oxygen atoms in total. The summed E-state index contributed by atoms with van der Waals surface area (Å²) in [6.45, 7) is 3.13. The highest BCUT2D eigenvalue weighted by molar-refractivity contribution is 7.92. The van der Waals surface area contributed by atoms with Crippen LogP contribution in [0.4, 0.5) is 13.2 Å². The Kier molecular flexibility index (Phi) is 4.63. The standard InChI is InChI=1S/C12H16F3NO2S/c1-3-11(16)8(2)19(17,18)10-6-4-5-9(7-10)12(13,14)15/h4-8,11H,3,16H2,1-2H3. The minimum Gasteiger partial charge on any atom is -0.327 e. The third-order valence-electron chi connectivity index (χ3n) is 3.05. The molecule has 0 aliphatic carbocycles. The second kappa shape index (κ2) is 5.50. The first-order valence-corrected chi connectivity index (χ1v) is 7.32. The summed E-state index contributed by atoms with van der Waals surface area (Å²) in [6, 6.07) is 3.11. The number of hydrogen-bond acceptors (Lipinski definition) is 3. The summed E-state index contributed by atoms with van der Waals surface area (Å²) < 4.78 is 62.0. The Bertz CT molecular complexity index is 540. The van der Waals surface area contributed by atoms with Crippen molar-refractivity contribution in [3.8, 4) is 0 Å². The number of rotatable bonds is 4. The largest absolute Gasteiger partial charge is 0.416 e. The highest BCUT2D eigenvalue weighted by atomic mass is 32.2. The second-order valence-electron chi connectivity index (χ2n) is 4.35. The molecule has 0 aromatic heterocycles. The third-order valence-corrected chi connectivity index (χ3v) is 5.29. The molecule has 0 spiro atoms. The number of halogens is 3. The Morgan fingerprint density at radius 1 is 1.32 bits per heavy atom. The zero-order valence-corrected chi connectivity index (χ0v) is 11.4. The molecular formula is C12H16F3NO2S. The molecule has 0 aliphatic heterocycles. The van der Waals surface area contributed by atoms with Crippen molar-refractivity contribution < 1.29 is 21.6 Å². The lowest BCUT2D eigenvalue weighted by atomic mass is 10.2. The minimum absolute atomic E-state index is 0.348. The summed E-state index contributed by atoms with van der Waals surface area (Å²) in [6.07, 6.45) is -4.14. The predicted molar refractivity (Wildman–Crippen MR) is 66.4 cm³/mol. The maximum atomic E-state index is 12.6. The minimum atomic E-state index is -4.57. The van der Waals surface area contributed by atoms with Crippen molar-refractivity contribution in [3.05, 3.63) is 29.8 Å². The van der Waals surface area contributed by atoms with Crippen molar-refractivity contribution >= 4 is 9.84 Å². The van der Waals surface area contributed by atoms with Crippen LogP contribution in [0.1, 0.15) is 25.8 Å². The molecule has 2 unspecified atom stereocenters. The van der Waals surface area contributed by atoms with Gasteiger partial charge in [-0.05, 0) is 31.5 Å². The van der Waals surface area contributed by atoms with Gasteiger partial charge in [0.25, 0.3) is 0 Å². The van der Waals surface area contributed by atoms with Crippen molar-refractivity contribution in [2.45, 2.75) is 42.6 Å². The molecule has 0 amide bonds. The fourth-order valence-corrected chi connectivity index (χ4v) is 3.27. The highest BCUT2D eigenvalue weighted by Gasteiger charge is 2.33. The van der Waals surface area contributed by atoms with Gasteiger partial charge >= 0.3 is 6.18 Å². The molecule has 1 aromatic carbocycles. The van der Waals surface area contributed by atoms with E-state index in [1.807, 2.05) is 0 Å². The van der Waals surface area contributed by atoms with Crippen LogP contribution in [-0.2, 0) is 16.0 Å². The summed E-state index contributed by atoms with van der Waals surface area (Å²) in [5.41, 5.74) is 4.68. The molecule has 19 heavy (non-hydrogen) atoms. The van der Waals surface area contributed by atoms with Crippen LogP contribution in [0, 0.1) is 0 Å². The van der Waals surface area contributed by atoms with Crippen molar-refractivity contribution in [3.63, 3.8) is 0 Å². The van der Waals surface area contributed by atoms with Gasteiger partial charge in [-0.15, -0.1) is 0 Å². The molecule has 0 heterocycles. The average molecular weight is 295 g/mol. The van der Waals surface area contributed by atoms with Gasteiger partial charge in [0.15, 0.2) is 9.84 Å².